The number of amides is 1. The van der Waals surface area contributed by atoms with Crippen molar-refractivity contribution in [3.8, 4) is 0 Å². The van der Waals surface area contributed by atoms with Crippen molar-refractivity contribution in [2.75, 3.05) is 12.3 Å². The monoisotopic (exact) mass is 267 g/mol. The fourth-order valence-electron chi connectivity index (χ4n) is 1.24. The zero-order chi connectivity index (χ0) is 13.4. The molecule has 0 fully saturated rings. The van der Waals surface area contributed by atoms with Crippen LogP contribution in [0.25, 0.3) is 0 Å². The number of nitrogens with one attached hydrogen (secondary N) is 1. The van der Waals surface area contributed by atoms with E-state index in [4.69, 9.17) is 5.73 Å². The fraction of sp³-hybridized carbons (Fsp3) is 0.538. The van der Waals surface area contributed by atoms with Gasteiger partial charge in [0.2, 0.25) is 5.91 Å². The molecule has 0 bridgehead atoms. The largest absolute Gasteiger partial charge is 0.354 e. The first kappa shape index (κ1) is 15.0. The summed E-state index contributed by atoms with van der Waals surface area (Å²) in [5, 5.41) is 2.83. The van der Waals surface area contributed by atoms with Gasteiger partial charge in [0.05, 0.1) is 5.69 Å². The Morgan fingerprint density at radius 1 is 1.50 bits per heavy atom. The molecule has 1 rings (SSSR count). The Kier molecular flexibility index (Phi) is 6.15. The highest BCUT2D eigenvalue weighted by molar-refractivity contribution is 7.98. The number of thioether (sulfide) groups is 1. The molecular formula is C13H21N3OS. The van der Waals surface area contributed by atoms with E-state index >= 15 is 0 Å². The molecule has 3 N–H and O–H groups in total. The van der Waals surface area contributed by atoms with E-state index in [1.54, 1.807) is 18.0 Å². The van der Waals surface area contributed by atoms with Gasteiger partial charge >= 0.3 is 0 Å². The van der Waals surface area contributed by atoms with E-state index in [0.717, 1.165) is 17.2 Å². The van der Waals surface area contributed by atoms with Gasteiger partial charge in [-0.25, -0.2) is 0 Å². The van der Waals surface area contributed by atoms with Crippen LogP contribution in [-0.2, 0) is 10.5 Å². The average Bonchev–Trinajstić information content (AvgIpc) is 2.33. The lowest BCUT2D eigenvalue weighted by molar-refractivity contribution is -0.120. The maximum Gasteiger partial charge on any atom is 0.220 e. The molecule has 0 unspecified atom stereocenters. The highest BCUT2D eigenvalue weighted by atomic mass is 32.2. The van der Waals surface area contributed by atoms with Crippen molar-refractivity contribution in [3.05, 3.63) is 30.1 Å². The summed E-state index contributed by atoms with van der Waals surface area (Å²) >= 11 is 1.71. The predicted octanol–water partition coefficient (Wildman–Crippen LogP) is 1.56. The molecule has 0 spiro atoms. The molecule has 0 radical (unpaired) electrons. The summed E-state index contributed by atoms with van der Waals surface area (Å²) in [4.78, 5) is 15.7. The lowest BCUT2D eigenvalue weighted by Gasteiger charge is -2.18. The molecule has 0 aliphatic carbocycles. The first-order chi connectivity index (χ1) is 8.47. The standard InChI is InChI=1S/C13H21N3OS/c1-13(2,14)10-16-12(17)6-8-18-9-11-5-3-4-7-15-11/h3-5,7H,6,8-10,14H2,1-2H3,(H,16,17). The van der Waals surface area contributed by atoms with E-state index in [2.05, 4.69) is 10.3 Å². The molecule has 0 saturated carbocycles. The normalized spacial score (nSPS) is 11.3. The minimum Gasteiger partial charge on any atom is -0.354 e. The van der Waals surface area contributed by atoms with Crippen molar-refractivity contribution in [2.45, 2.75) is 31.6 Å². The molecule has 18 heavy (non-hydrogen) atoms. The van der Waals surface area contributed by atoms with Crippen molar-refractivity contribution in [3.63, 3.8) is 0 Å². The number of aromatic nitrogens is 1. The number of hydrogen-bond acceptors (Lipinski definition) is 4. The number of carbonyl (C=O) groups excluding carboxylic acids is 1. The molecule has 0 saturated heterocycles. The van der Waals surface area contributed by atoms with Crippen molar-refractivity contribution in [2.24, 2.45) is 5.73 Å². The maximum atomic E-state index is 11.5. The molecule has 1 aromatic heterocycles. The van der Waals surface area contributed by atoms with Crippen LogP contribution in [0.1, 0.15) is 26.0 Å². The summed E-state index contributed by atoms with van der Waals surface area (Å²) in [5.74, 6) is 1.70. The number of hydrogen-bond donors (Lipinski definition) is 2. The van der Waals surface area contributed by atoms with Crippen molar-refractivity contribution < 1.29 is 4.79 Å². The fourth-order valence-corrected chi connectivity index (χ4v) is 2.09. The second-order valence-corrected chi connectivity index (χ2v) is 5.99. The Morgan fingerprint density at radius 3 is 2.89 bits per heavy atom. The molecule has 1 aromatic rings. The van der Waals surface area contributed by atoms with Gasteiger partial charge in [0, 0.05) is 36.2 Å². The van der Waals surface area contributed by atoms with Crippen LogP contribution in [0.2, 0.25) is 0 Å². The zero-order valence-electron chi connectivity index (χ0n) is 11.0. The minimum atomic E-state index is -0.350. The second kappa shape index (κ2) is 7.38. The Labute approximate surface area is 113 Å². The topological polar surface area (TPSA) is 68.0 Å². The summed E-state index contributed by atoms with van der Waals surface area (Å²) in [6.07, 6.45) is 2.31. The highest BCUT2D eigenvalue weighted by Gasteiger charge is 2.11. The van der Waals surface area contributed by atoms with Gasteiger partial charge in [0.25, 0.3) is 0 Å². The van der Waals surface area contributed by atoms with Crippen molar-refractivity contribution >= 4 is 17.7 Å². The van der Waals surface area contributed by atoms with E-state index in [1.165, 1.54) is 0 Å². The summed E-state index contributed by atoms with van der Waals surface area (Å²) in [6, 6.07) is 5.86. The van der Waals surface area contributed by atoms with Gasteiger partial charge in [0.15, 0.2) is 0 Å². The van der Waals surface area contributed by atoms with Gasteiger partial charge in [0.1, 0.15) is 0 Å². The molecule has 5 heteroatoms. The molecule has 100 valence electrons. The summed E-state index contributed by atoms with van der Waals surface area (Å²) in [5.41, 5.74) is 6.48. The first-order valence-corrected chi connectivity index (χ1v) is 7.16. The molecule has 0 aliphatic rings. The van der Waals surface area contributed by atoms with Gasteiger partial charge in [-0.2, -0.15) is 11.8 Å². The van der Waals surface area contributed by atoms with Gasteiger partial charge < -0.3 is 11.1 Å². The van der Waals surface area contributed by atoms with Gasteiger partial charge in [-0.1, -0.05) is 6.07 Å². The zero-order valence-corrected chi connectivity index (χ0v) is 11.8. The van der Waals surface area contributed by atoms with E-state index in [1.807, 2.05) is 32.0 Å². The average molecular weight is 267 g/mol. The SMILES string of the molecule is CC(C)(N)CNC(=O)CCSCc1ccccn1. The lowest BCUT2D eigenvalue weighted by atomic mass is 10.1. The Morgan fingerprint density at radius 2 is 2.28 bits per heavy atom. The van der Waals surface area contributed by atoms with Crippen LogP contribution in [-0.4, -0.2) is 28.7 Å². The lowest BCUT2D eigenvalue weighted by Crippen LogP contribution is -2.45. The number of pyridine rings is 1. The van der Waals surface area contributed by atoms with E-state index in [0.29, 0.717) is 13.0 Å². The number of nitrogens with zero attached hydrogens (tertiary/aromatic N) is 1. The molecule has 1 heterocycles. The smallest absolute Gasteiger partial charge is 0.220 e. The van der Waals surface area contributed by atoms with E-state index in [-0.39, 0.29) is 11.4 Å². The number of rotatable bonds is 7. The second-order valence-electron chi connectivity index (χ2n) is 4.89. The minimum absolute atomic E-state index is 0.0574. The molecule has 4 nitrogen and oxygen atoms in total. The Balaban J connectivity index is 2.09. The van der Waals surface area contributed by atoms with Crippen molar-refractivity contribution in [1.29, 1.82) is 0 Å². The van der Waals surface area contributed by atoms with E-state index < -0.39 is 0 Å². The molecular weight excluding hydrogens is 246 g/mol. The number of nitrogens with two attached hydrogens (primary N) is 1. The third kappa shape index (κ3) is 7.29. The van der Waals surface area contributed by atoms with Crippen LogP contribution in [0.5, 0.6) is 0 Å². The van der Waals surface area contributed by atoms with Crippen molar-refractivity contribution in [1.82, 2.24) is 10.3 Å². The quantitative estimate of drug-likeness (QED) is 0.736. The molecule has 0 atom stereocenters. The first-order valence-electron chi connectivity index (χ1n) is 6.00. The third-order valence-corrected chi connectivity index (χ3v) is 3.18. The Hall–Kier alpha value is -1.07. The summed E-state index contributed by atoms with van der Waals surface area (Å²) < 4.78 is 0. The van der Waals surface area contributed by atoms with Gasteiger partial charge in [-0.3, -0.25) is 9.78 Å². The van der Waals surface area contributed by atoms with Crippen LogP contribution < -0.4 is 11.1 Å². The number of carbonyl (C=O) groups is 1. The van der Waals surface area contributed by atoms with E-state index in [9.17, 15) is 4.79 Å². The summed E-state index contributed by atoms with van der Waals surface area (Å²) in [7, 11) is 0. The van der Waals surface area contributed by atoms with Crippen LogP contribution in [0.4, 0.5) is 0 Å². The van der Waals surface area contributed by atoms with Gasteiger partial charge in [-0.05, 0) is 26.0 Å². The highest BCUT2D eigenvalue weighted by Crippen LogP contribution is 2.10. The van der Waals surface area contributed by atoms with Gasteiger partial charge in [-0.15, -0.1) is 0 Å². The van der Waals surface area contributed by atoms with Crippen LogP contribution in [0.3, 0.4) is 0 Å². The van der Waals surface area contributed by atoms with Crippen LogP contribution in [0.15, 0.2) is 24.4 Å². The predicted molar refractivity (Wildman–Crippen MR) is 76.3 cm³/mol. The third-order valence-electron chi connectivity index (χ3n) is 2.19. The maximum absolute atomic E-state index is 11.5. The molecule has 0 aromatic carbocycles. The Bertz CT molecular complexity index is 362. The van der Waals surface area contributed by atoms with Crippen LogP contribution >= 0.6 is 11.8 Å². The van der Waals surface area contributed by atoms with Crippen LogP contribution in [0, 0.1) is 0 Å². The molecule has 1 amide bonds. The summed E-state index contributed by atoms with van der Waals surface area (Å²) in [6.45, 7) is 4.29. The molecule has 0 aliphatic heterocycles.